The predicted octanol–water partition coefficient (Wildman–Crippen LogP) is 1.04. The van der Waals surface area contributed by atoms with Crippen molar-refractivity contribution in [2.75, 3.05) is 20.4 Å². The summed E-state index contributed by atoms with van der Waals surface area (Å²) in [7, 11) is -0.467. The average molecular weight is 257 g/mol. The Balaban J connectivity index is 3.26. The van der Waals surface area contributed by atoms with Crippen LogP contribution in [0.25, 0.3) is 0 Å². The number of carbonyl (C=O) groups is 1. The molecule has 1 aromatic carbocycles. The fourth-order valence-electron chi connectivity index (χ4n) is 1.28. The van der Waals surface area contributed by atoms with Gasteiger partial charge in [0, 0.05) is 14.1 Å². The summed E-state index contributed by atoms with van der Waals surface area (Å²) in [5.41, 5.74) is 1.05. The normalized spacial score (nSPS) is 11.1. The Kier molecular flexibility index (Phi) is 3.77. The molecule has 0 aliphatic rings. The standard InChI is InChI=1S/C11H15NO4S/c1-8-5-6-9(11(13)12(2)3)10(7-8)16-17(4,14)15/h5-7H,1-4H3. The van der Waals surface area contributed by atoms with E-state index in [9.17, 15) is 13.2 Å². The largest absolute Gasteiger partial charge is 0.382 e. The topological polar surface area (TPSA) is 63.7 Å². The molecule has 0 radical (unpaired) electrons. The maximum absolute atomic E-state index is 11.8. The van der Waals surface area contributed by atoms with Crippen LogP contribution in [0.3, 0.4) is 0 Å². The van der Waals surface area contributed by atoms with Gasteiger partial charge in [0.05, 0.1) is 11.8 Å². The highest BCUT2D eigenvalue weighted by molar-refractivity contribution is 7.86. The Morgan fingerprint density at radius 1 is 1.29 bits per heavy atom. The number of aryl methyl sites for hydroxylation is 1. The third-order valence-corrected chi connectivity index (χ3v) is 2.50. The van der Waals surface area contributed by atoms with Gasteiger partial charge in [0.25, 0.3) is 5.91 Å². The number of carbonyl (C=O) groups excluding carboxylic acids is 1. The number of amides is 1. The molecule has 1 aromatic rings. The second-order valence-electron chi connectivity index (χ2n) is 3.99. The molecule has 0 heterocycles. The molecule has 0 saturated heterocycles. The molecule has 0 atom stereocenters. The number of nitrogens with zero attached hydrogens (tertiary/aromatic N) is 1. The van der Waals surface area contributed by atoms with Crippen LogP contribution in [-0.2, 0) is 10.1 Å². The Bertz CT molecular complexity index is 534. The van der Waals surface area contributed by atoms with Gasteiger partial charge >= 0.3 is 10.1 Å². The average Bonchev–Trinajstić information content (AvgIpc) is 2.14. The van der Waals surface area contributed by atoms with Crippen molar-refractivity contribution in [1.82, 2.24) is 4.90 Å². The monoisotopic (exact) mass is 257 g/mol. The van der Waals surface area contributed by atoms with E-state index in [2.05, 4.69) is 0 Å². The van der Waals surface area contributed by atoms with Crippen LogP contribution in [0.4, 0.5) is 0 Å². The lowest BCUT2D eigenvalue weighted by atomic mass is 10.1. The maximum atomic E-state index is 11.8. The van der Waals surface area contributed by atoms with Crippen molar-refractivity contribution in [1.29, 1.82) is 0 Å². The maximum Gasteiger partial charge on any atom is 0.306 e. The molecule has 17 heavy (non-hydrogen) atoms. The van der Waals surface area contributed by atoms with E-state index in [1.54, 1.807) is 33.2 Å². The fraction of sp³-hybridized carbons (Fsp3) is 0.364. The summed E-state index contributed by atoms with van der Waals surface area (Å²) in [5, 5.41) is 0. The molecule has 0 spiro atoms. The molecule has 6 heteroatoms. The summed E-state index contributed by atoms with van der Waals surface area (Å²) in [6, 6.07) is 4.81. The quantitative estimate of drug-likeness (QED) is 0.759. The first-order valence-electron chi connectivity index (χ1n) is 4.92. The van der Waals surface area contributed by atoms with Crippen LogP contribution < -0.4 is 4.18 Å². The first kappa shape index (κ1) is 13.5. The van der Waals surface area contributed by atoms with Crippen molar-refractivity contribution in [3.05, 3.63) is 29.3 Å². The van der Waals surface area contributed by atoms with Crippen LogP contribution in [0.1, 0.15) is 15.9 Å². The fourth-order valence-corrected chi connectivity index (χ4v) is 1.74. The van der Waals surface area contributed by atoms with Crippen molar-refractivity contribution in [3.63, 3.8) is 0 Å². The van der Waals surface area contributed by atoms with Gasteiger partial charge in [-0.25, -0.2) is 0 Å². The SMILES string of the molecule is Cc1ccc(C(=O)N(C)C)c(OS(C)(=O)=O)c1. The molecule has 0 fully saturated rings. The summed E-state index contributed by atoms with van der Waals surface area (Å²) >= 11 is 0. The first-order chi connectivity index (χ1) is 7.70. The van der Waals surface area contributed by atoms with Gasteiger partial charge in [-0.15, -0.1) is 0 Å². The minimum absolute atomic E-state index is 0.0613. The summed E-state index contributed by atoms with van der Waals surface area (Å²) in [4.78, 5) is 13.2. The van der Waals surface area contributed by atoms with E-state index >= 15 is 0 Å². The minimum atomic E-state index is -3.65. The molecule has 1 amide bonds. The molecule has 0 bridgehead atoms. The van der Waals surface area contributed by atoms with Gasteiger partial charge in [-0.2, -0.15) is 8.42 Å². The molecule has 0 aliphatic carbocycles. The third-order valence-electron chi connectivity index (χ3n) is 2.01. The van der Waals surface area contributed by atoms with Gasteiger partial charge in [0.15, 0.2) is 5.75 Å². The van der Waals surface area contributed by atoms with Crippen molar-refractivity contribution < 1.29 is 17.4 Å². The van der Waals surface area contributed by atoms with E-state index in [-0.39, 0.29) is 17.2 Å². The van der Waals surface area contributed by atoms with Crippen LogP contribution in [0, 0.1) is 6.92 Å². The zero-order valence-electron chi connectivity index (χ0n) is 10.2. The zero-order chi connectivity index (χ0) is 13.2. The molecule has 0 unspecified atom stereocenters. The first-order valence-corrected chi connectivity index (χ1v) is 6.74. The molecule has 1 rings (SSSR count). The number of hydrogen-bond donors (Lipinski definition) is 0. The van der Waals surface area contributed by atoms with E-state index in [1.807, 2.05) is 0 Å². The van der Waals surface area contributed by atoms with E-state index in [0.29, 0.717) is 0 Å². The van der Waals surface area contributed by atoms with Crippen LogP contribution in [0.5, 0.6) is 5.75 Å². The van der Waals surface area contributed by atoms with Crippen molar-refractivity contribution >= 4 is 16.0 Å². The summed E-state index contributed by atoms with van der Waals surface area (Å²) < 4.78 is 27.0. The van der Waals surface area contributed by atoms with Crippen LogP contribution >= 0.6 is 0 Å². The second-order valence-corrected chi connectivity index (χ2v) is 5.56. The lowest BCUT2D eigenvalue weighted by Crippen LogP contribution is -2.23. The molecule has 0 aliphatic heterocycles. The van der Waals surface area contributed by atoms with Crippen molar-refractivity contribution in [2.24, 2.45) is 0 Å². The Morgan fingerprint density at radius 3 is 2.35 bits per heavy atom. The number of benzene rings is 1. The smallest absolute Gasteiger partial charge is 0.306 e. The third kappa shape index (κ3) is 3.74. The lowest BCUT2D eigenvalue weighted by molar-refractivity contribution is 0.0826. The van der Waals surface area contributed by atoms with E-state index in [4.69, 9.17) is 4.18 Å². The molecule has 94 valence electrons. The number of rotatable bonds is 3. The van der Waals surface area contributed by atoms with Gasteiger partial charge in [0.2, 0.25) is 0 Å². The highest BCUT2D eigenvalue weighted by Gasteiger charge is 2.17. The van der Waals surface area contributed by atoms with E-state index in [0.717, 1.165) is 11.8 Å². The van der Waals surface area contributed by atoms with Gasteiger partial charge in [-0.1, -0.05) is 6.07 Å². The second kappa shape index (κ2) is 4.75. The number of hydrogen-bond acceptors (Lipinski definition) is 4. The van der Waals surface area contributed by atoms with Crippen LogP contribution in [0.2, 0.25) is 0 Å². The summed E-state index contributed by atoms with van der Waals surface area (Å²) in [6.07, 6.45) is 0.944. The van der Waals surface area contributed by atoms with Crippen molar-refractivity contribution in [3.8, 4) is 5.75 Å². The van der Waals surface area contributed by atoms with Gasteiger partial charge in [-0.05, 0) is 24.6 Å². The van der Waals surface area contributed by atoms with Gasteiger partial charge in [-0.3, -0.25) is 4.79 Å². The van der Waals surface area contributed by atoms with Gasteiger partial charge < -0.3 is 9.08 Å². The Labute approximate surface area is 101 Å². The molecule has 0 saturated carbocycles. The molecule has 5 nitrogen and oxygen atoms in total. The molecule has 0 N–H and O–H groups in total. The lowest BCUT2D eigenvalue weighted by Gasteiger charge is -2.14. The van der Waals surface area contributed by atoms with Crippen LogP contribution in [-0.4, -0.2) is 39.6 Å². The zero-order valence-corrected chi connectivity index (χ0v) is 11.0. The Hall–Kier alpha value is -1.56. The molecule has 0 aromatic heterocycles. The predicted molar refractivity (Wildman–Crippen MR) is 64.7 cm³/mol. The van der Waals surface area contributed by atoms with E-state index < -0.39 is 10.1 Å². The minimum Gasteiger partial charge on any atom is -0.382 e. The van der Waals surface area contributed by atoms with Crippen LogP contribution in [0.15, 0.2) is 18.2 Å². The van der Waals surface area contributed by atoms with Gasteiger partial charge in [0.1, 0.15) is 0 Å². The summed E-state index contributed by atoms with van der Waals surface area (Å²) in [6.45, 7) is 1.79. The van der Waals surface area contributed by atoms with E-state index in [1.165, 1.54) is 11.0 Å². The highest BCUT2D eigenvalue weighted by Crippen LogP contribution is 2.22. The van der Waals surface area contributed by atoms with Crippen molar-refractivity contribution in [2.45, 2.75) is 6.92 Å². The Morgan fingerprint density at radius 2 is 1.88 bits per heavy atom. The molecular weight excluding hydrogens is 242 g/mol. The summed E-state index contributed by atoms with van der Waals surface area (Å²) in [5.74, 6) is -0.241. The highest BCUT2D eigenvalue weighted by atomic mass is 32.2. The molecular formula is C11H15NO4S.